The third kappa shape index (κ3) is 2.56. The van der Waals surface area contributed by atoms with Crippen LogP contribution < -0.4 is 5.32 Å². The van der Waals surface area contributed by atoms with Gasteiger partial charge in [-0.1, -0.05) is 47.4 Å². The first-order valence-corrected chi connectivity index (χ1v) is 6.67. The molecule has 0 spiro atoms. The summed E-state index contributed by atoms with van der Waals surface area (Å²) >= 11 is 6.15. The van der Waals surface area contributed by atoms with E-state index in [0.29, 0.717) is 14.9 Å². The number of thiocarbonyl (C=S) groups is 1. The summed E-state index contributed by atoms with van der Waals surface area (Å²) in [6.45, 7) is 0. The van der Waals surface area contributed by atoms with Crippen molar-refractivity contribution in [1.29, 1.82) is 0 Å². The zero-order chi connectivity index (χ0) is 13.2. The molecule has 1 fully saturated rings. The lowest BCUT2D eigenvalue weighted by Gasteiger charge is -1.96. The average molecular weight is 288 g/mol. The molecule has 19 heavy (non-hydrogen) atoms. The lowest BCUT2D eigenvalue weighted by atomic mass is 10.3. The minimum Gasteiger partial charge on any atom is -0.307 e. The van der Waals surface area contributed by atoms with Gasteiger partial charge < -0.3 is 5.32 Å². The van der Waals surface area contributed by atoms with Gasteiger partial charge in [0.1, 0.15) is 10.0 Å². The Kier molecular flexibility index (Phi) is 3.14. The number of carbonyl (C=O) groups excluding carboxylic acids is 1. The van der Waals surface area contributed by atoms with Gasteiger partial charge in [-0.15, -0.1) is 5.10 Å². The number of carbonyl (C=O) groups is 1. The highest BCUT2D eigenvalue weighted by Crippen LogP contribution is 2.25. The first-order valence-electron chi connectivity index (χ1n) is 5.45. The molecular weight excluding hydrogens is 280 g/mol. The molecule has 0 aliphatic carbocycles. The standard InChI is InChI=1S/C12H8N4OS2/c17-11-10(19-12(18)13-11)6-8-7-16(15-14-8)9-4-2-1-3-5-9/h1-7H,(H,13,17,18)/b10-6-. The van der Waals surface area contributed by atoms with Gasteiger partial charge in [0.25, 0.3) is 5.91 Å². The molecule has 1 N–H and O–H groups in total. The van der Waals surface area contributed by atoms with Gasteiger partial charge in [-0.2, -0.15) is 0 Å². The molecule has 1 aromatic heterocycles. The summed E-state index contributed by atoms with van der Waals surface area (Å²) in [5.74, 6) is -0.190. The minimum atomic E-state index is -0.190. The third-order valence-electron chi connectivity index (χ3n) is 2.45. The largest absolute Gasteiger partial charge is 0.307 e. The van der Waals surface area contributed by atoms with E-state index in [0.717, 1.165) is 5.69 Å². The first-order chi connectivity index (χ1) is 9.22. The Morgan fingerprint density at radius 2 is 2.11 bits per heavy atom. The van der Waals surface area contributed by atoms with E-state index >= 15 is 0 Å². The van der Waals surface area contributed by atoms with Crippen LogP contribution >= 0.6 is 24.0 Å². The van der Waals surface area contributed by atoms with E-state index in [4.69, 9.17) is 12.2 Å². The third-order valence-corrected chi connectivity index (χ3v) is 3.62. The predicted molar refractivity (Wildman–Crippen MR) is 77.7 cm³/mol. The molecule has 1 aliphatic rings. The molecule has 1 amide bonds. The van der Waals surface area contributed by atoms with Crippen molar-refractivity contribution in [3.63, 3.8) is 0 Å². The zero-order valence-electron chi connectivity index (χ0n) is 9.61. The van der Waals surface area contributed by atoms with E-state index in [9.17, 15) is 4.79 Å². The monoisotopic (exact) mass is 288 g/mol. The Morgan fingerprint density at radius 3 is 2.79 bits per heavy atom. The number of hydrogen-bond acceptors (Lipinski definition) is 5. The molecule has 94 valence electrons. The fraction of sp³-hybridized carbons (Fsp3) is 0. The Hall–Kier alpha value is -1.99. The van der Waals surface area contributed by atoms with E-state index in [-0.39, 0.29) is 5.91 Å². The second kappa shape index (κ2) is 4.94. The van der Waals surface area contributed by atoms with Crippen LogP contribution in [-0.4, -0.2) is 25.2 Å². The van der Waals surface area contributed by atoms with Crippen LogP contribution in [0.2, 0.25) is 0 Å². The van der Waals surface area contributed by atoms with E-state index < -0.39 is 0 Å². The highest BCUT2D eigenvalue weighted by molar-refractivity contribution is 8.26. The van der Waals surface area contributed by atoms with Crippen LogP contribution in [0.1, 0.15) is 5.69 Å². The van der Waals surface area contributed by atoms with Crippen LogP contribution in [-0.2, 0) is 4.79 Å². The van der Waals surface area contributed by atoms with Crippen molar-refractivity contribution in [2.45, 2.75) is 0 Å². The number of benzene rings is 1. The van der Waals surface area contributed by atoms with Crippen molar-refractivity contribution in [3.8, 4) is 5.69 Å². The second-order valence-electron chi connectivity index (χ2n) is 3.78. The van der Waals surface area contributed by atoms with E-state index in [1.54, 1.807) is 17.0 Å². The van der Waals surface area contributed by atoms with Crippen LogP contribution in [0.25, 0.3) is 11.8 Å². The van der Waals surface area contributed by atoms with Gasteiger partial charge in [-0.3, -0.25) is 4.79 Å². The summed E-state index contributed by atoms with van der Waals surface area (Å²) < 4.78 is 2.12. The van der Waals surface area contributed by atoms with Crippen molar-refractivity contribution in [3.05, 3.63) is 47.1 Å². The Morgan fingerprint density at radius 1 is 1.32 bits per heavy atom. The van der Waals surface area contributed by atoms with Crippen LogP contribution in [0.15, 0.2) is 41.4 Å². The van der Waals surface area contributed by atoms with Gasteiger partial charge in [0.2, 0.25) is 0 Å². The fourth-order valence-corrected chi connectivity index (χ4v) is 2.63. The molecule has 0 saturated carbocycles. The number of nitrogens with zero attached hydrogens (tertiary/aromatic N) is 3. The van der Waals surface area contributed by atoms with Gasteiger partial charge in [-0.05, 0) is 18.2 Å². The molecule has 2 aromatic rings. The number of para-hydroxylation sites is 1. The molecule has 1 saturated heterocycles. The van der Waals surface area contributed by atoms with Crippen molar-refractivity contribution >= 4 is 40.3 Å². The number of thioether (sulfide) groups is 1. The van der Waals surface area contributed by atoms with Crippen molar-refractivity contribution in [2.24, 2.45) is 0 Å². The topological polar surface area (TPSA) is 59.8 Å². The molecule has 0 atom stereocenters. The molecule has 0 bridgehead atoms. The van der Waals surface area contributed by atoms with Crippen LogP contribution in [0.3, 0.4) is 0 Å². The molecule has 0 unspecified atom stereocenters. The smallest absolute Gasteiger partial charge is 0.263 e. The Balaban J connectivity index is 1.89. The lowest BCUT2D eigenvalue weighted by molar-refractivity contribution is -0.115. The Bertz CT molecular complexity index is 678. The molecule has 0 radical (unpaired) electrons. The number of hydrogen-bond donors (Lipinski definition) is 1. The van der Waals surface area contributed by atoms with Gasteiger partial charge in [0, 0.05) is 0 Å². The molecule has 1 aromatic carbocycles. The summed E-state index contributed by atoms with van der Waals surface area (Å²) in [6.07, 6.45) is 3.43. The number of amides is 1. The molecule has 5 nitrogen and oxygen atoms in total. The van der Waals surface area contributed by atoms with Crippen LogP contribution in [0, 0.1) is 0 Å². The lowest BCUT2D eigenvalue weighted by Crippen LogP contribution is -2.17. The average Bonchev–Trinajstić information content (AvgIpc) is 2.99. The van der Waals surface area contributed by atoms with Gasteiger partial charge in [0.15, 0.2) is 0 Å². The Labute approximate surface area is 118 Å². The summed E-state index contributed by atoms with van der Waals surface area (Å²) in [6, 6.07) is 9.64. The normalized spacial score (nSPS) is 16.9. The minimum absolute atomic E-state index is 0.190. The number of rotatable bonds is 2. The summed E-state index contributed by atoms with van der Waals surface area (Å²) in [4.78, 5) is 12.1. The highest BCUT2D eigenvalue weighted by Gasteiger charge is 2.22. The maximum absolute atomic E-state index is 11.5. The molecule has 7 heteroatoms. The summed E-state index contributed by atoms with van der Waals surface area (Å²) in [7, 11) is 0. The van der Waals surface area contributed by atoms with Crippen molar-refractivity contribution < 1.29 is 4.79 Å². The number of nitrogens with one attached hydrogen (secondary N) is 1. The van der Waals surface area contributed by atoms with Crippen LogP contribution in [0.5, 0.6) is 0 Å². The zero-order valence-corrected chi connectivity index (χ0v) is 11.2. The van der Waals surface area contributed by atoms with E-state index in [1.165, 1.54) is 11.8 Å². The molecule has 3 rings (SSSR count). The SMILES string of the molecule is O=C1NC(=S)S/C1=C\c1cn(-c2ccccc2)nn1. The van der Waals surface area contributed by atoms with E-state index in [2.05, 4.69) is 15.6 Å². The van der Waals surface area contributed by atoms with Crippen molar-refractivity contribution in [2.75, 3.05) is 0 Å². The van der Waals surface area contributed by atoms with Crippen LogP contribution in [0.4, 0.5) is 0 Å². The molecule has 1 aliphatic heterocycles. The van der Waals surface area contributed by atoms with Gasteiger partial charge >= 0.3 is 0 Å². The van der Waals surface area contributed by atoms with Gasteiger partial charge in [0.05, 0.1) is 16.8 Å². The predicted octanol–water partition coefficient (Wildman–Crippen LogP) is 1.76. The maximum Gasteiger partial charge on any atom is 0.263 e. The molecule has 2 heterocycles. The molecular formula is C12H8N4OS2. The maximum atomic E-state index is 11.5. The fourth-order valence-electron chi connectivity index (χ4n) is 1.61. The number of aromatic nitrogens is 3. The quantitative estimate of drug-likeness (QED) is 0.674. The van der Waals surface area contributed by atoms with E-state index in [1.807, 2.05) is 30.3 Å². The van der Waals surface area contributed by atoms with Gasteiger partial charge in [-0.25, -0.2) is 4.68 Å². The second-order valence-corrected chi connectivity index (χ2v) is 5.49. The summed E-state index contributed by atoms with van der Waals surface area (Å²) in [5, 5.41) is 10.6. The highest BCUT2D eigenvalue weighted by atomic mass is 32.2. The van der Waals surface area contributed by atoms with Crippen molar-refractivity contribution in [1.82, 2.24) is 20.3 Å². The first kappa shape index (κ1) is 12.1. The summed E-state index contributed by atoms with van der Waals surface area (Å²) in [5.41, 5.74) is 1.53.